The number of nitrogens with two attached hydrogens (primary N) is 1. The molecule has 0 spiro atoms. The molecule has 1 aliphatic rings. The van der Waals surface area contributed by atoms with E-state index in [1.165, 1.54) is 0 Å². The predicted molar refractivity (Wildman–Crippen MR) is 76.5 cm³/mol. The molecule has 98 valence electrons. The van der Waals surface area contributed by atoms with Gasteiger partial charge >= 0.3 is 0 Å². The van der Waals surface area contributed by atoms with Gasteiger partial charge in [-0.2, -0.15) is 11.8 Å². The monoisotopic (exact) mass is 264 g/mol. The number of thioether (sulfide) groups is 1. The van der Waals surface area contributed by atoms with Gasteiger partial charge in [0.25, 0.3) is 0 Å². The van der Waals surface area contributed by atoms with Gasteiger partial charge in [0.05, 0.1) is 0 Å². The van der Waals surface area contributed by atoms with Gasteiger partial charge < -0.3 is 10.6 Å². The van der Waals surface area contributed by atoms with E-state index in [0.29, 0.717) is 12.5 Å². The summed E-state index contributed by atoms with van der Waals surface area (Å²) in [5, 5.41) is 0. The highest BCUT2D eigenvalue weighted by molar-refractivity contribution is 7.99. The number of hydrogen-bond donors (Lipinski definition) is 1. The highest BCUT2D eigenvalue weighted by Gasteiger charge is 2.24. The number of benzene rings is 1. The molecule has 0 aliphatic carbocycles. The van der Waals surface area contributed by atoms with Crippen molar-refractivity contribution in [1.29, 1.82) is 0 Å². The van der Waals surface area contributed by atoms with Crippen LogP contribution < -0.4 is 5.73 Å². The van der Waals surface area contributed by atoms with Crippen molar-refractivity contribution in [3.63, 3.8) is 0 Å². The molecular formula is C14H20N2OS. The third kappa shape index (κ3) is 3.27. The summed E-state index contributed by atoms with van der Waals surface area (Å²) in [7, 11) is 1.90. The van der Waals surface area contributed by atoms with E-state index in [2.05, 4.69) is 0 Å². The third-order valence-corrected chi connectivity index (χ3v) is 4.61. The Bertz CT molecular complexity index is 390. The van der Waals surface area contributed by atoms with E-state index in [1.54, 1.807) is 0 Å². The van der Waals surface area contributed by atoms with Gasteiger partial charge in [0, 0.05) is 31.3 Å². The van der Waals surface area contributed by atoms with Crippen LogP contribution in [0.15, 0.2) is 30.3 Å². The summed E-state index contributed by atoms with van der Waals surface area (Å²) >= 11 is 1.92. The standard InChI is InChI=1S/C14H20N2OS/c1-16(12-7-8-18-10-12)14(17)9-13(15)11-5-3-2-4-6-11/h2-6,12-13H,7-10,15H2,1H3. The zero-order chi connectivity index (χ0) is 13.0. The highest BCUT2D eigenvalue weighted by Crippen LogP contribution is 2.23. The molecule has 2 N–H and O–H groups in total. The molecule has 1 heterocycles. The molecule has 1 aromatic rings. The van der Waals surface area contributed by atoms with E-state index in [-0.39, 0.29) is 11.9 Å². The molecule has 1 amide bonds. The molecule has 4 heteroatoms. The van der Waals surface area contributed by atoms with Crippen LogP contribution in [0, 0.1) is 0 Å². The maximum absolute atomic E-state index is 12.2. The maximum Gasteiger partial charge on any atom is 0.224 e. The molecule has 3 nitrogen and oxygen atoms in total. The fourth-order valence-corrected chi connectivity index (χ4v) is 3.45. The molecule has 1 aromatic carbocycles. The lowest BCUT2D eigenvalue weighted by Gasteiger charge is -2.25. The molecule has 0 bridgehead atoms. The second-order valence-electron chi connectivity index (χ2n) is 4.74. The normalized spacial score (nSPS) is 20.7. The van der Waals surface area contributed by atoms with Crippen LogP contribution in [0.5, 0.6) is 0 Å². The predicted octanol–water partition coefficient (Wildman–Crippen LogP) is 2.04. The smallest absolute Gasteiger partial charge is 0.224 e. The van der Waals surface area contributed by atoms with E-state index in [9.17, 15) is 4.79 Å². The molecule has 0 radical (unpaired) electrons. The lowest BCUT2D eigenvalue weighted by molar-refractivity contribution is -0.131. The summed E-state index contributed by atoms with van der Waals surface area (Å²) in [5.41, 5.74) is 7.11. The lowest BCUT2D eigenvalue weighted by Crippen LogP contribution is -2.38. The molecule has 2 unspecified atom stereocenters. The lowest BCUT2D eigenvalue weighted by atomic mass is 10.0. The molecule has 2 rings (SSSR count). The SMILES string of the molecule is CN(C(=O)CC(N)c1ccccc1)C1CCSC1. The molecule has 1 saturated heterocycles. The second kappa shape index (κ2) is 6.25. The van der Waals surface area contributed by atoms with E-state index >= 15 is 0 Å². The van der Waals surface area contributed by atoms with Crippen molar-refractivity contribution in [3.05, 3.63) is 35.9 Å². The number of carbonyl (C=O) groups excluding carboxylic acids is 1. The van der Waals surface area contributed by atoms with Crippen LogP contribution in [0.1, 0.15) is 24.4 Å². The highest BCUT2D eigenvalue weighted by atomic mass is 32.2. The van der Waals surface area contributed by atoms with Crippen molar-refractivity contribution < 1.29 is 4.79 Å². The Labute approximate surface area is 113 Å². The second-order valence-corrected chi connectivity index (χ2v) is 5.89. The van der Waals surface area contributed by atoms with E-state index in [4.69, 9.17) is 5.73 Å². The Hall–Kier alpha value is -1.00. The minimum Gasteiger partial charge on any atom is -0.342 e. The van der Waals surface area contributed by atoms with E-state index < -0.39 is 0 Å². The zero-order valence-corrected chi connectivity index (χ0v) is 11.5. The molecule has 1 aliphatic heterocycles. The van der Waals surface area contributed by atoms with Gasteiger partial charge in [0.15, 0.2) is 0 Å². The number of hydrogen-bond acceptors (Lipinski definition) is 3. The van der Waals surface area contributed by atoms with E-state index in [1.807, 2.05) is 54.0 Å². The Morgan fingerprint density at radius 3 is 2.83 bits per heavy atom. The Morgan fingerprint density at radius 2 is 2.22 bits per heavy atom. The quantitative estimate of drug-likeness (QED) is 0.905. The summed E-state index contributed by atoms with van der Waals surface area (Å²) in [6.07, 6.45) is 1.50. The van der Waals surface area contributed by atoms with Gasteiger partial charge in [-0.15, -0.1) is 0 Å². The van der Waals surface area contributed by atoms with Crippen molar-refractivity contribution in [2.24, 2.45) is 5.73 Å². The van der Waals surface area contributed by atoms with Gasteiger partial charge in [-0.25, -0.2) is 0 Å². The van der Waals surface area contributed by atoms with Gasteiger partial charge in [-0.3, -0.25) is 4.79 Å². The number of amides is 1. The van der Waals surface area contributed by atoms with Gasteiger partial charge in [0.2, 0.25) is 5.91 Å². The van der Waals surface area contributed by atoms with Gasteiger partial charge in [0.1, 0.15) is 0 Å². The van der Waals surface area contributed by atoms with Crippen LogP contribution >= 0.6 is 11.8 Å². The molecule has 1 fully saturated rings. The number of carbonyl (C=O) groups is 1. The number of rotatable bonds is 4. The topological polar surface area (TPSA) is 46.3 Å². The third-order valence-electron chi connectivity index (χ3n) is 3.47. The zero-order valence-electron chi connectivity index (χ0n) is 10.7. The minimum absolute atomic E-state index is 0.152. The van der Waals surface area contributed by atoms with Crippen molar-refractivity contribution >= 4 is 17.7 Å². The Balaban J connectivity index is 1.90. The molecule has 18 heavy (non-hydrogen) atoms. The van der Waals surface area contributed by atoms with Gasteiger partial charge in [-0.05, 0) is 17.7 Å². The average Bonchev–Trinajstić information content (AvgIpc) is 2.92. The van der Waals surface area contributed by atoms with Crippen LogP contribution in [0.3, 0.4) is 0 Å². The fraction of sp³-hybridized carbons (Fsp3) is 0.500. The van der Waals surface area contributed by atoms with Crippen LogP contribution in [-0.2, 0) is 4.79 Å². The van der Waals surface area contributed by atoms with Crippen LogP contribution in [0.4, 0.5) is 0 Å². The summed E-state index contributed by atoms with van der Waals surface area (Å²) in [5.74, 6) is 2.37. The summed E-state index contributed by atoms with van der Waals surface area (Å²) in [4.78, 5) is 14.0. The first-order valence-electron chi connectivity index (χ1n) is 6.32. The maximum atomic E-state index is 12.2. The van der Waals surface area contributed by atoms with Crippen LogP contribution in [0.25, 0.3) is 0 Å². The van der Waals surface area contributed by atoms with Gasteiger partial charge in [-0.1, -0.05) is 30.3 Å². The first-order chi connectivity index (χ1) is 8.68. The Kier molecular flexibility index (Phi) is 4.66. The fourth-order valence-electron chi connectivity index (χ4n) is 2.18. The summed E-state index contributed by atoms with van der Waals surface area (Å²) in [6, 6.07) is 10.0. The molecule has 0 saturated carbocycles. The first kappa shape index (κ1) is 13.4. The first-order valence-corrected chi connectivity index (χ1v) is 7.48. The van der Waals surface area contributed by atoms with Crippen molar-refractivity contribution in [2.75, 3.05) is 18.6 Å². The largest absolute Gasteiger partial charge is 0.342 e. The summed E-state index contributed by atoms with van der Waals surface area (Å²) < 4.78 is 0. The van der Waals surface area contributed by atoms with E-state index in [0.717, 1.165) is 23.5 Å². The van der Waals surface area contributed by atoms with Crippen LogP contribution in [0.2, 0.25) is 0 Å². The number of nitrogens with zero attached hydrogens (tertiary/aromatic N) is 1. The molecular weight excluding hydrogens is 244 g/mol. The Morgan fingerprint density at radius 1 is 1.50 bits per heavy atom. The van der Waals surface area contributed by atoms with Crippen molar-refractivity contribution in [2.45, 2.75) is 24.9 Å². The van der Waals surface area contributed by atoms with Crippen molar-refractivity contribution in [1.82, 2.24) is 4.90 Å². The van der Waals surface area contributed by atoms with Crippen LogP contribution in [-0.4, -0.2) is 35.4 Å². The minimum atomic E-state index is -0.199. The molecule has 2 atom stereocenters. The average molecular weight is 264 g/mol. The molecule has 0 aromatic heterocycles. The van der Waals surface area contributed by atoms with Crippen molar-refractivity contribution in [3.8, 4) is 0 Å². The summed E-state index contributed by atoms with van der Waals surface area (Å²) in [6.45, 7) is 0.